The summed E-state index contributed by atoms with van der Waals surface area (Å²) in [5, 5.41) is 11.9. The highest BCUT2D eigenvalue weighted by Crippen LogP contribution is 2.25. The first kappa shape index (κ1) is 21.0. The topological polar surface area (TPSA) is 87.0 Å². The molecule has 0 unspecified atom stereocenters. The highest BCUT2D eigenvalue weighted by Gasteiger charge is 2.29. The SMILES string of the molecule is CC(C)(C(=O)NC#CCc1ccccc1)c1ccc(S(=O)(=O)/C=C/C#N)cc1. The molecule has 0 aliphatic carbocycles. The molecule has 0 saturated carbocycles. The van der Waals surface area contributed by atoms with Crippen molar-refractivity contribution in [3.05, 3.63) is 77.2 Å². The van der Waals surface area contributed by atoms with Gasteiger partial charge in [0.25, 0.3) is 0 Å². The molecule has 0 radical (unpaired) electrons. The average molecular weight is 392 g/mol. The highest BCUT2D eigenvalue weighted by atomic mass is 32.2. The molecule has 0 atom stereocenters. The number of nitrogens with zero attached hydrogens (tertiary/aromatic N) is 1. The van der Waals surface area contributed by atoms with Crippen molar-refractivity contribution in [2.24, 2.45) is 0 Å². The van der Waals surface area contributed by atoms with Gasteiger partial charge < -0.3 is 0 Å². The van der Waals surface area contributed by atoms with Gasteiger partial charge in [0, 0.05) is 23.9 Å². The lowest BCUT2D eigenvalue weighted by Gasteiger charge is -2.22. The number of rotatable bonds is 5. The Hall–Kier alpha value is -3.35. The van der Waals surface area contributed by atoms with Gasteiger partial charge in [0.2, 0.25) is 15.7 Å². The van der Waals surface area contributed by atoms with Crippen molar-refractivity contribution in [1.29, 1.82) is 5.26 Å². The molecule has 0 bridgehead atoms. The summed E-state index contributed by atoms with van der Waals surface area (Å²) < 4.78 is 24.1. The second kappa shape index (κ2) is 9.03. The summed E-state index contributed by atoms with van der Waals surface area (Å²) >= 11 is 0. The Kier molecular flexibility index (Phi) is 6.76. The minimum atomic E-state index is -3.67. The smallest absolute Gasteiger partial charge is 0.241 e. The van der Waals surface area contributed by atoms with Gasteiger partial charge in [-0.25, -0.2) is 8.42 Å². The molecule has 0 aliphatic heterocycles. The number of sulfone groups is 1. The standard InChI is InChI=1S/C22H20N2O3S/c1-22(2,21(25)24-16-6-10-18-8-4-3-5-9-18)19-11-13-20(14-12-19)28(26,27)17-7-15-23/h3-5,7-9,11-14,17H,10H2,1-2H3,(H,24,25)/b17-7+. The normalized spacial score (nSPS) is 11.3. The third kappa shape index (κ3) is 5.33. The second-order valence-electron chi connectivity index (χ2n) is 6.54. The van der Waals surface area contributed by atoms with E-state index in [9.17, 15) is 13.2 Å². The third-order valence-corrected chi connectivity index (χ3v) is 5.62. The number of amides is 1. The third-order valence-electron chi connectivity index (χ3n) is 4.19. The van der Waals surface area contributed by atoms with Crippen molar-refractivity contribution in [3.63, 3.8) is 0 Å². The van der Waals surface area contributed by atoms with Crippen LogP contribution in [-0.4, -0.2) is 14.3 Å². The van der Waals surface area contributed by atoms with Crippen molar-refractivity contribution in [2.75, 3.05) is 0 Å². The van der Waals surface area contributed by atoms with E-state index in [1.165, 1.54) is 12.1 Å². The van der Waals surface area contributed by atoms with Crippen LogP contribution in [0.3, 0.4) is 0 Å². The highest BCUT2D eigenvalue weighted by molar-refractivity contribution is 7.94. The molecule has 0 fully saturated rings. The van der Waals surface area contributed by atoms with Gasteiger partial charge >= 0.3 is 0 Å². The largest absolute Gasteiger partial charge is 0.284 e. The quantitative estimate of drug-likeness (QED) is 0.481. The lowest BCUT2D eigenvalue weighted by molar-refractivity contribution is -0.124. The zero-order chi connectivity index (χ0) is 20.6. The molecule has 0 spiro atoms. The Morgan fingerprint density at radius 3 is 2.36 bits per heavy atom. The van der Waals surface area contributed by atoms with E-state index in [-0.39, 0.29) is 10.8 Å². The summed E-state index contributed by atoms with van der Waals surface area (Å²) in [5.74, 6) is 2.63. The molecule has 6 heteroatoms. The van der Waals surface area contributed by atoms with E-state index < -0.39 is 15.3 Å². The van der Waals surface area contributed by atoms with Crippen molar-refractivity contribution in [1.82, 2.24) is 5.32 Å². The number of hydrogen-bond acceptors (Lipinski definition) is 4. The number of carbonyl (C=O) groups excluding carboxylic acids is 1. The summed E-state index contributed by atoms with van der Waals surface area (Å²) in [5.41, 5.74) is 0.815. The number of benzene rings is 2. The van der Waals surface area contributed by atoms with Crippen LogP contribution < -0.4 is 5.32 Å². The minimum Gasteiger partial charge on any atom is -0.284 e. The predicted octanol–water partition coefficient (Wildman–Crippen LogP) is 3.09. The zero-order valence-electron chi connectivity index (χ0n) is 15.6. The first-order chi connectivity index (χ1) is 13.3. The van der Waals surface area contributed by atoms with E-state index >= 15 is 0 Å². The fourth-order valence-corrected chi connectivity index (χ4v) is 3.30. The minimum absolute atomic E-state index is 0.0570. The summed E-state index contributed by atoms with van der Waals surface area (Å²) in [6.07, 6.45) is 1.44. The summed E-state index contributed by atoms with van der Waals surface area (Å²) in [4.78, 5) is 12.6. The molecule has 2 aromatic rings. The molecule has 0 aromatic heterocycles. The number of carbonyl (C=O) groups is 1. The van der Waals surface area contributed by atoms with Gasteiger partial charge in [-0.15, -0.1) is 0 Å². The van der Waals surface area contributed by atoms with Crippen molar-refractivity contribution in [2.45, 2.75) is 30.6 Å². The predicted molar refractivity (Wildman–Crippen MR) is 107 cm³/mol. The van der Waals surface area contributed by atoms with Gasteiger partial charge in [-0.3, -0.25) is 10.1 Å². The van der Waals surface area contributed by atoms with Crippen molar-refractivity contribution in [3.8, 4) is 18.0 Å². The summed E-state index contributed by atoms with van der Waals surface area (Å²) in [7, 11) is -3.67. The Balaban J connectivity index is 2.08. The fraction of sp³-hybridized carbons (Fsp3) is 0.182. The molecule has 1 amide bonds. The van der Waals surface area contributed by atoms with Crippen LogP contribution in [0.25, 0.3) is 0 Å². The van der Waals surface area contributed by atoms with Crippen LogP contribution in [0.15, 0.2) is 71.0 Å². The van der Waals surface area contributed by atoms with Gasteiger partial charge in [-0.2, -0.15) is 5.26 Å². The molecule has 0 heterocycles. The lowest BCUT2D eigenvalue weighted by Crippen LogP contribution is -2.37. The fourth-order valence-electron chi connectivity index (χ4n) is 2.39. The van der Waals surface area contributed by atoms with Crippen LogP contribution in [0, 0.1) is 23.3 Å². The molecule has 5 nitrogen and oxygen atoms in total. The van der Waals surface area contributed by atoms with Crippen LogP contribution in [0.5, 0.6) is 0 Å². The van der Waals surface area contributed by atoms with Gasteiger partial charge in [-0.05, 0) is 37.1 Å². The molecule has 142 valence electrons. The number of allylic oxidation sites excluding steroid dienone is 1. The molecule has 2 aromatic carbocycles. The van der Waals surface area contributed by atoms with E-state index in [0.29, 0.717) is 12.0 Å². The zero-order valence-corrected chi connectivity index (χ0v) is 16.5. The summed E-state index contributed by atoms with van der Waals surface area (Å²) in [6, 6.07) is 20.1. The molecule has 0 saturated heterocycles. The Bertz CT molecular complexity index is 1070. The first-order valence-electron chi connectivity index (χ1n) is 8.51. The van der Waals surface area contributed by atoms with Crippen LogP contribution >= 0.6 is 0 Å². The maximum Gasteiger partial charge on any atom is 0.241 e. The summed E-state index contributed by atoms with van der Waals surface area (Å²) in [6.45, 7) is 3.47. The monoisotopic (exact) mass is 392 g/mol. The Labute approximate surface area is 165 Å². The van der Waals surface area contributed by atoms with Gasteiger partial charge in [-0.1, -0.05) is 48.4 Å². The maximum absolute atomic E-state index is 12.5. The molecular weight excluding hydrogens is 372 g/mol. The van der Waals surface area contributed by atoms with E-state index in [0.717, 1.165) is 17.0 Å². The van der Waals surface area contributed by atoms with Gasteiger partial charge in [0.15, 0.2) is 0 Å². The van der Waals surface area contributed by atoms with E-state index in [1.807, 2.05) is 30.3 Å². The van der Waals surface area contributed by atoms with Gasteiger partial charge in [0.1, 0.15) is 0 Å². The molecule has 0 aliphatic rings. The first-order valence-corrected chi connectivity index (χ1v) is 10.1. The van der Waals surface area contributed by atoms with Gasteiger partial charge in [0.05, 0.1) is 16.4 Å². The molecular formula is C22H20N2O3S. The Morgan fingerprint density at radius 2 is 1.75 bits per heavy atom. The van der Waals surface area contributed by atoms with Crippen LogP contribution in [0.2, 0.25) is 0 Å². The molecule has 2 rings (SSSR count). The molecule has 28 heavy (non-hydrogen) atoms. The lowest BCUT2D eigenvalue weighted by atomic mass is 9.84. The number of hydrogen-bond donors (Lipinski definition) is 1. The van der Waals surface area contributed by atoms with Crippen molar-refractivity contribution < 1.29 is 13.2 Å². The maximum atomic E-state index is 12.5. The van der Waals surface area contributed by atoms with E-state index in [1.54, 1.807) is 32.0 Å². The molecule has 1 N–H and O–H groups in total. The van der Waals surface area contributed by atoms with E-state index in [4.69, 9.17) is 5.26 Å². The Morgan fingerprint density at radius 1 is 1.11 bits per heavy atom. The van der Waals surface area contributed by atoms with Crippen LogP contribution in [-0.2, 0) is 26.5 Å². The van der Waals surface area contributed by atoms with Crippen LogP contribution in [0.1, 0.15) is 25.0 Å². The average Bonchev–Trinajstić information content (AvgIpc) is 2.70. The van der Waals surface area contributed by atoms with E-state index in [2.05, 4.69) is 17.3 Å². The number of nitriles is 1. The van der Waals surface area contributed by atoms with Crippen LogP contribution in [0.4, 0.5) is 0 Å². The van der Waals surface area contributed by atoms with Crippen molar-refractivity contribution >= 4 is 15.7 Å². The second-order valence-corrected chi connectivity index (χ2v) is 8.38. The number of nitrogens with one attached hydrogen (secondary N) is 1.